The first-order valence-electron chi connectivity index (χ1n) is 6.85. The van der Waals surface area contributed by atoms with E-state index in [4.69, 9.17) is 4.74 Å². The summed E-state index contributed by atoms with van der Waals surface area (Å²) in [6.07, 6.45) is 6.00. The molecule has 2 rings (SSSR count). The molecule has 1 amide bonds. The largest absolute Gasteiger partial charge is 0.377 e. The fourth-order valence-electron chi connectivity index (χ4n) is 2.74. The standard InChI is InChI=1S/C13H24N2O2/c1-9(14-12-7-8-17-10(12)2)13(16)15-11-5-3-4-6-11/h9-12,14H,3-8H2,1-2H3,(H,15,16). The summed E-state index contributed by atoms with van der Waals surface area (Å²) in [7, 11) is 0. The lowest BCUT2D eigenvalue weighted by Gasteiger charge is -2.22. The highest BCUT2D eigenvalue weighted by Crippen LogP contribution is 2.18. The van der Waals surface area contributed by atoms with Gasteiger partial charge in [0.1, 0.15) is 0 Å². The van der Waals surface area contributed by atoms with E-state index in [1.54, 1.807) is 0 Å². The van der Waals surface area contributed by atoms with Crippen molar-refractivity contribution in [1.82, 2.24) is 10.6 Å². The molecule has 1 heterocycles. The molecule has 1 saturated carbocycles. The van der Waals surface area contributed by atoms with Gasteiger partial charge in [0.2, 0.25) is 5.91 Å². The predicted octanol–water partition coefficient (Wildman–Crippen LogP) is 1.20. The number of rotatable bonds is 4. The van der Waals surface area contributed by atoms with Crippen LogP contribution in [0.15, 0.2) is 0 Å². The first kappa shape index (κ1) is 12.8. The summed E-state index contributed by atoms with van der Waals surface area (Å²) in [5.41, 5.74) is 0. The van der Waals surface area contributed by atoms with Gasteiger partial charge < -0.3 is 15.4 Å². The summed E-state index contributed by atoms with van der Waals surface area (Å²) in [5, 5.41) is 6.49. The van der Waals surface area contributed by atoms with Crippen LogP contribution in [0.2, 0.25) is 0 Å². The van der Waals surface area contributed by atoms with E-state index >= 15 is 0 Å². The highest BCUT2D eigenvalue weighted by molar-refractivity contribution is 5.81. The smallest absolute Gasteiger partial charge is 0.237 e. The zero-order valence-electron chi connectivity index (χ0n) is 10.9. The summed E-state index contributed by atoms with van der Waals surface area (Å²) < 4.78 is 5.49. The van der Waals surface area contributed by atoms with Crippen LogP contribution < -0.4 is 10.6 Å². The minimum absolute atomic E-state index is 0.121. The van der Waals surface area contributed by atoms with Gasteiger partial charge in [-0.2, -0.15) is 0 Å². The Bertz CT molecular complexity index is 264. The van der Waals surface area contributed by atoms with Gasteiger partial charge >= 0.3 is 0 Å². The number of nitrogens with one attached hydrogen (secondary N) is 2. The lowest BCUT2D eigenvalue weighted by Crippen LogP contribution is -2.50. The van der Waals surface area contributed by atoms with Gasteiger partial charge in [-0.3, -0.25) is 4.79 Å². The highest BCUT2D eigenvalue weighted by atomic mass is 16.5. The first-order valence-corrected chi connectivity index (χ1v) is 6.85. The molecule has 3 unspecified atom stereocenters. The van der Waals surface area contributed by atoms with Crippen molar-refractivity contribution in [2.24, 2.45) is 0 Å². The van der Waals surface area contributed by atoms with E-state index in [0.29, 0.717) is 12.1 Å². The number of hydrogen-bond donors (Lipinski definition) is 2. The Morgan fingerprint density at radius 3 is 2.59 bits per heavy atom. The molecule has 0 aromatic rings. The van der Waals surface area contributed by atoms with Gasteiger partial charge in [0.25, 0.3) is 0 Å². The van der Waals surface area contributed by atoms with Crippen LogP contribution in [0.25, 0.3) is 0 Å². The summed E-state index contributed by atoms with van der Waals surface area (Å²) >= 11 is 0. The number of amides is 1. The molecular formula is C13H24N2O2. The van der Waals surface area contributed by atoms with E-state index in [1.165, 1.54) is 12.8 Å². The number of carbonyl (C=O) groups is 1. The van der Waals surface area contributed by atoms with Crippen LogP contribution in [0.5, 0.6) is 0 Å². The van der Waals surface area contributed by atoms with E-state index in [-0.39, 0.29) is 18.1 Å². The molecule has 3 atom stereocenters. The van der Waals surface area contributed by atoms with Gasteiger partial charge in [0, 0.05) is 18.7 Å². The molecular weight excluding hydrogens is 216 g/mol. The number of ether oxygens (including phenoxy) is 1. The molecule has 2 N–H and O–H groups in total. The lowest BCUT2D eigenvalue weighted by atomic mass is 10.1. The zero-order chi connectivity index (χ0) is 12.3. The topological polar surface area (TPSA) is 50.4 Å². The van der Waals surface area contributed by atoms with E-state index in [0.717, 1.165) is 25.9 Å². The van der Waals surface area contributed by atoms with Crippen molar-refractivity contribution < 1.29 is 9.53 Å². The summed E-state index contributed by atoms with van der Waals surface area (Å²) in [6, 6.07) is 0.605. The van der Waals surface area contributed by atoms with Gasteiger partial charge in [-0.1, -0.05) is 12.8 Å². The monoisotopic (exact) mass is 240 g/mol. The number of carbonyl (C=O) groups excluding carboxylic acids is 1. The van der Waals surface area contributed by atoms with E-state index in [9.17, 15) is 4.79 Å². The Morgan fingerprint density at radius 1 is 1.29 bits per heavy atom. The molecule has 1 saturated heterocycles. The second-order valence-electron chi connectivity index (χ2n) is 5.35. The molecule has 2 fully saturated rings. The van der Waals surface area contributed by atoms with Gasteiger partial charge in [0.15, 0.2) is 0 Å². The van der Waals surface area contributed by atoms with Gasteiger partial charge in [0.05, 0.1) is 12.1 Å². The van der Waals surface area contributed by atoms with Crippen LogP contribution in [0, 0.1) is 0 Å². The fraction of sp³-hybridized carbons (Fsp3) is 0.923. The van der Waals surface area contributed by atoms with Crippen molar-refractivity contribution in [2.75, 3.05) is 6.61 Å². The lowest BCUT2D eigenvalue weighted by molar-refractivity contribution is -0.123. The SMILES string of the molecule is CC(NC1CCOC1C)C(=O)NC1CCCC1. The van der Waals surface area contributed by atoms with Crippen molar-refractivity contribution in [1.29, 1.82) is 0 Å². The first-order chi connectivity index (χ1) is 8.16. The summed E-state index contributed by atoms with van der Waals surface area (Å²) in [4.78, 5) is 12.0. The molecule has 0 spiro atoms. The molecule has 1 aliphatic heterocycles. The molecule has 0 aromatic heterocycles. The molecule has 4 nitrogen and oxygen atoms in total. The maximum Gasteiger partial charge on any atom is 0.237 e. The zero-order valence-corrected chi connectivity index (χ0v) is 10.9. The van der Waals surface area contributed by atoms with Crippen molar-refractivity contribution in [3.05, 3.63) is 0 Å². The Kier molecular flexibility index (Phi) is 4.40. The van der Waals surface area contributed by atoms with E-state index < -0.39 is 0 Å². The molecule has 2 aliphatic rings. The maximum atomic E-state index is 12.0. The second-order valence-corrected chi connectivity index (χ2v) is 5.35. The summed E-state index contributed by atoms with van der Waals surface area (Å²) in [5.74, 6) is 0.135. The van der Waals surface area contributed by atoms with Crippen molar-refractivity contribution in [3.63, 3.8) is 0 Å². The Hall–Kier alpha value is -0.610. The van der Waals surface area contributed by atoms with Crippen LogP contribution in [-0.4, -0.2) is 36.7 Å². The molecule has 98 valence electrons. The normalized spacial score (nSPS) is 31.6. The fourth-order valence-corrected chi connectivity index (χ4v) is 2.74. The maximum absolute atomic E-state index is 12.0. The van der Waals surface area contributed by atoms with Crippen LogP contribution in [-0.2, 0) is 9.53 Å². The molecule has 0 bridgehead atoms. The van der Waals surface area contributed by atoms with Crippen LogP contribution in [0.4, 0.5) is 0 Å². The van der Waals surface area contributed by atoms with Gasteiger partial charge in [-0.25, -0.2) is 0 Å². The van der Waals surface area contributed by atoms with Crippen molar-refractivity contribution in [2.45, 2.75) is 70.2 Å². The average Bonchev–Trinajstić information content (AvgIpc) is 2.91. The van der Waals surface area contributed by atoms with Crippen molar-refractivity contribution in [3.8, 4) is 0 Å². The minimum atomic E-state index is -0.121. The Morgan fingerprint density at radius 2 is 2.00 bits per heavy atom. The van der Waals surface area contributed by atoms with Gasteiger partial charge in [-0.15, -0.1) is 0 Å². The van der Waals surface area contributed by atoms with E-state index in [1.807, 2.05) is 6.92 Å². The molecule has 0 aromatic carbocycles. The third kappa shape index (κ3) is 3.42. The van der Waals surface area contributed by atoms with Gasteiger partial charge in [-0.05, 0) is 33.1 Å². The molecule has 0 radical (unpaired) electrons. The van der Waals surface area contributed by atoms with Crippen LogP contribution in [0.3, 0.4) is 0 Å². The van der Waals surface area contributed by atoms with Crippen molar-refractivity contribution >= 4 is 5.91 Å². The molecule has 17 heavy (non-hydrogen) atoms. The van der Waals surface area contributed by atoms with Crippen LogP contribution >= 0.6 is 0 Å². The quantitative estimate of drug-likeness (QED) is 0.776. The minimum Gasteiger partial charge on any atom is -0.377 e. The predicted molar refractivity (Wildman–Crippen MR) is 66.8 cm³/mol. The average molecular weight is 240 g/mol. The van der Waals surface area contributed by atoms with E-state index in [2.05, 4.69) is 17.6 Å². The van der Waals surface area contributed by atoms with Crippen LogP contribution in [0.1, 0.15) is 46.0 Å². The summed E-state index contributed by atoms with van der Waals surface area (Å²) in [6.45, 7) is 4.80. The molecule has 1 aliphatic carbocycles. The molecule has 4 heteroatoms. The number of hydrogen-bond acceptors (Lipinski definition) is 3. The third-order valence-electron chi connectivity index (χ3n) is 3.94. The Balaban J connectivity index is 1.74. The Labute approximate surface area is 103 Å². The highest BCUT2D eigenvalue weighted by Gasteiger charge is 2.28. The second kappa shape index (κ2) is 5.83. The third-order valence-corrected chi connectivity index (χ3v) is 3.94.